The molecule has 1 unspecified atom stereocenters. The van der Waals surface area contributed by atoms with Crippen molar-refractivity contribution < 1.29 is 9.13 Å². The van der Waals surface area contributed by atoms with Gasteiger partial charge in [0.25, 0.3) is 0 Å². The molecule has 0 heterocycles. The first-order valence-electron chi connectivity index (χ1n) is 6.67. The van der Waals surface area contributed by atoms with E-state index in [1.54, 1.807) is 13.2 Å². The van der Waals surface area contributed by atoms with Gasteiger partial charge in [-0.25, -0.2) is 4.39 Å². The van der Waals surface area contributed by atoms with E-state index in [1.807, 2.05) is 6.07 Å². The molecule has 0 bridgehead atoms. The Bertz CT molecular complexity index is 364. The summed E-state index contributed by atoms with van der Waals surface area (Å²) in [6.45, 7) is 6.91. The highest BCUT2D eigenvalue weighted by Gasteiger charge is 2.14. The molecule has 1 N–H and O–H groups in total. The molecule has 0 saturated carbocycles. The van der Waals surface area contributed by atoms with Crippen LogP contribution in [0.4, 0.5) is 4.39 Å². The lowest BCUT2D eigenvalue weighted by Crippen LogP contribution is -2.30. The van der Waals surface area contributed by atoms with Crippen molar-refractivity contribution in [1.29, 1.82) is 0 Å². The normalized spacial score (nSPS) is 12.9. The van der Waals surface area contributed by atoms with E-state index in [0.717, 1.165) is 36.2 Å². The number of nitrogens with one attached hydrogen (secondary N) is 1. The van der Waals surface area contributed by atoms with Gasteiger partial charge in [0, 0.05) is 18.1 Å². The maximum Gasteiger partial charge on any atom is 0.124 e. The number of halogens is 2. The SMILES string of the molecule is COCCNCC(Cc1cc(F)cc(Br)c1)C(C)C. The van der Waals surface area contributed by atoms with Crippen molar-refractivity contribution in [3.63, 3.8) is 0 Å². The molecular formula is C15H23BrFNO. The quantitative estimate of drug-likeness (QED) is 0.734. The summed E-state index contributed by atoms with van der Waals surface area (Å²) < 4.78 is 19.2. The van der Waals surface area contributed by atoms with E-state index < -0.39 is 0 Å². The lowest BCUT2D eigenvalue weighted by atomic mass is 9.89. The third kappa shape index (κ3) is 6.50. The van der Waals surface area contributed by atoms with Gasteiger partial charge in [0.05, 0.1) is 6.61 Å². The molecule has 0 spiro atoms. The molecule has 108 valence electrons. The van der Waals surface area contributed by atoms with Crippen molar-refractivity contribution in [3.8, 4) is 0 Å². The lowest BCUT2D eigenvalue weighted by molar-refractivity contribution is 0.196. The van der Waals surface area contributed by atoms with E-state index in [9.17, 15) is 4.39 Å². The zero-order valence-electron chi connectivity index (χ0n) is 11.9. The average molecular weight is 332 g/mol. The van der Waals surface area contributed by atoms with Crippen LogP contribution in [0.2, 0.25) is 0 Å². The Labute approximate surface area is 123 Å². The predicted molar refractivity (Wildman–Crippen MR) is 80.9 cm³/mol. The molecular weight excluding hydrogens is 309 g/mol. The third-order valence-corrected chi connectivity index (χ3v) is 3.71. The fourth-order valence-corrected chi connectivity index (χ4v) is 2.55. The van der Waals surface area contributed by atoms with E-state index in [-0.39, 0.29) is 5.82 Å². The van der Waals surface area contributed by atoms with E-state index >= 15 is 0 Å². The first kappa shape index (κ1) is 16.6. The van der Waals surface area contributed by atoms with E-state index in [4.69, 9.17) is 4.74 Å². The van der Waals surface area contributed by atoms with Gasteiger partial charge in [-0.1, -0.05) is 29.8 Å². The summed E-state index contributed by atoms with van der Waals surface area (Å²) in [6, 6.07) is 5.10. The maximum absolute atomic E-state index is 13.4. The molecule has 1 atom stereocenters. The van der Waals surface area contributed by atoms with Gasteiger partial charge in [-0.15, -0.1) is 0 Å². The molecule has 0 saturated heterocycles. The largest absolute Gasteiger partial charge is 0.383 e. The number of rotatable bonds is 8. The van der Waals surface area contributed by atoms with Gasteiger partial charge in [0.1, 0.15) is 5.82 Å². The Morgan fingerprint density at radius 3 is 2.63 bits per heavy atom. The third-order valence-electron chi connectivity index (χ3n) is 3.25. The van der Waals surface area contributed by atoms with Crippen molar-refractivity contribution in [2.75, 3.05) is 26.8 Å². The molecule has 0 aliphatic carbocycles. The summed E-state index contributed by atoms with van der Waals surface area (Å²) in [4.78, 5) is 0. The minimum Gasteiger partial charge on any atom is -0.383 e. The van der Waals surface area contributed by atoms with Crippen molar-refractivity contribution in [2.24, 2.45) is 11.8 Å². The zero-order chi connectivity index (χ0) is 14.3. The molecule has 1 rings (SSSR count). The molecule has 0 fully saturated rings. The second-order valence-electron chi connectivity index (χ2n) is 5.18. The summed E-state index contributed by atoms with van der Waals surface area (Å²) in [5.74, 6) is 0.863. The van der Waals surface area contributed by atoms with Crippen molar-refractivity contribution in [3.05, 3.63) is 34.1 Å². The van der Waals surface area contributed by atoms with Gasteiger partial charge in [0.2, 0.25) is 0 Å². The van der Waals surface area contributed by atoms with Crippen LogP contribution < -0.4 is 5.32 Å². The summed E-state index contributed by atoms with van der Waals surface area (Å²) in [5, 5.41) is 3.39. The van der Waals surface area contributed by atoms with Crippen molar-refractivity contribution in [2.45, 2.75) is 20.3 Å². The molecule has 0 aromatic heterocycles. The highest BCUT2D eigenvalue weighted by molar-refractivity contribution is 9.10. The monoisotopic (exact) mass is 331 g/mol. The summed E-state index contributed by atoms with van der Waals surface area (Å²) in [7, 11) is 1.70. The zero-order valence-corrected chi connectivity index (χ0v) is 13.5. The van der Waals surface area contributed by atoms with Crippen LogP contribution in [0.1, 0.15) is 19.4 Å². The molecule has 2 nitrogen and oxygen atoms in total. The molecule has 0 radical (unpaired) electrons. The summed E-state index contributed by atoms with van der Waals surface area (Å²) in [6.07, 6.45) is 0.883. The molecule has 1 aromatic carbocycles. The molecule has 0 amide bonds. The minimum absolute atomic E-state index is 0.181. The Morgan fingerprint density at radius 2 is 2.05 bits per heavy atom. The summed E-state index contributed by atoms with van der Waals surface area (Å²) >= 11 is 3.34. The fraction of sp³-hybridized carbons (Fsp3) is 0.600. The molecule has 0 aliphatic rings. The maximum atomic E-state index is 13.4. The molecule has 4 heteroatoms. The Balaban J connectivity index is 2.57. The first-order chi connectivity index (χ1) is 9.02. The van der Waals surface area contributed by atoms with Gasteiger partial charge in [-0.3, -0.25) is 0 Å². The Kier molecular flexibility index (Phi) is 7.57. The van der Waals surface area contributed by atoms with Gasteiger partial charge < -0.3 is 10.1 Å². The van der Waals surface area contributed by atoms with Gasteiger partial charge >= 0.3 is 0 Å². The number of ether oxygens (including phenoxy) is 1. The van der Waals surface area contributed by atoms with Crippen LogP contribution in [-0.2, 0) is 11.2 Å². The second kappa shape index (κ2) is 8.67. The summed E-state index contributed by atoms with van der Waals surface area (Å²) in [5.41, 5.74) is 1.04. The second-order valence-corrected chi connectivity index (χ2v) is 6.10. The number of methoxy groups -OCH3 is 1. The van der Waals surface area contributed by atoms with Crippen LogP contribution in [0, 0.1) is 17.7 Å². The molecule has 19 heavy (non-hydrogen) atoms. The number of hydrogen-bond donors (Lipinski definition) is 1. The van der Waals surface area contributed by atoms with Crippen LogP contribution in [0.15, 0.2) is 22.7 Å². The average Bonchev–Trinajstić information content (AvgIpc) is 2.31. The van der Waals surface area contributed by atoms with Crippen LogP contribution in [0.25, 0.3) is 0 Å². The Hall–Kier alpha value is -0.450. The van der Waals surface area contributed by atoms with Crippen LogP contribution in [-0.4, -0.2) is 26.8 Å². The number of hydrogen-bond acceptors (Lipinski definition) is 2. The van der Waals surface area contributed by atoms with Gasteiger partial charge in [0.15, 0.2) is 0 Å². The van der Waals surface area contributed by atoms with Crippen molar-refractivity contribution in [1.82, 2.24) is 5.32 Å². The highest BCUT2D eigenvalue weighted by Crippen LogP contribution is 2.21. The lowest BCUT2D eigenvalue weighted by Gasteiger charge is -2.21. The van der Waals surface area contributed by atoms with Crippen LogP contribution in [0.5, 0.6) is 0 Å². The van der Waals surface area contributed by atoms with Gasteiger partial charge in [-0.05, 0) is 48.6 Å². The number of benzene rings is 1. The Morgan fingerprint density at radius 1 is 1.32 bits per heavy atom. The van der Waals surface area contributed by atoms with Crippen LogP contribution in [0.3, 0.4) is 0 Å². The van der Waals surface area contributed by atoms with E-state index in [1.165, 1.54) is 6.07 Å². The van der Waals surface area contributed by atoms with Crippen molar-refractivity contribution >= 4 is 15.9 Å². The fourth-order valence-electron chi connectivity index (χ4n) is 2.04. The molecule has 0 aliphatic heterocycles. The van der Waals surface area contributed by atoms with Crippen LogP contribution >= 0.6 is 15.9 Å². The first-order valence-corrected chi connectivity index (χ1v) is 7.47. The molecule has 1 aromatic rings. The topological polar surface area (TPSA) is 21.3 Å². The van der Waals surface area contributed by atoms with E-state index in [0.29, 0.717) is 11.8 Å². The minimum atomic E-state index is -0.181. The van der Waals surface area contributed by atoms with E-state index in [2.05, 4.69) is 35.1 Å². The highest BCUT2D eigenvalue weighted by atomic mass is 79.9. The standard InChI is InChI=1S/C15H23BrFNO/c1-11(2)13(10-18-4-5-19-3)6-12-7-14(16)9-15(17)8-12/h7-9,11,13,18H,4-6,10H2,1-3H3. The van der Waals surface area contributed by atoms with Gasteiger partial charge in [-0.2, -0.15) is 0 Å². The smallest absolute Gasteiger partial charge is 0.124 e. The predicted octanol–water partition coefficient (Wildman–Crippen LogP) is 3.64.